The Morgan fingerprint density at radius 3 is 2.60 bits per heavy atom. The molecule has 0 aromatic heterocycles. The molecule has 0 heterocycles. The highest BCUT2D eigenvalue weighted by molar-refractivity contribution is 14.2. The van der Waals surface area contributed by atoms with Crippen LogP contribution in [0.1, 0.15) is 39.5 Å². The van der Waals surface area contributed by atoms with Crippen molar-refractivity contribution in [1.82, 2.24) is 0 Å². The predicted octanol–water partition coefficient (Wildman–Crippen LogP) is 3.12. The Morgan fingerprint density at radius 1 is 1.50 bits per heavy atom. The minimum atomic E-state index is 0.640. The Kier molecular flexibility index (Phi) is 3.35. The molecule has 0 amide bonds. The fraction of sp³-hybridized carbons (Fsp3) is 1.00. The second-order valence-electron chi connectivity index (χ2n) is 4.01. The lowest BCUT2D eigenvalue weighted by Crippen LogP contribution is -2.25. The van der Waals surface area contributed by atoms with Gasteiger partial charge in [-0.15, -0.1) is 0 Å². The van der Waals surface area contributed by atoms with Crippen LogP contribution >= 0.6 is 21.2 Å². The first-order valence-corrected chi connectivity index (χ1v) is 7.70. The predicted molar refractivity (Wildman–Crippen MR) is 58.8 cm³/mol. The molecule has 0 nitrogen and oxygen atoms in total. The van der Waals surface area contributed by atoms with Gasteiger partial charge in [-0.05, 0) is 24.7 Å². The van der Waals surface area contributed by atoms with Crippen molar-refractivity contribution in [3.05, 3.63) is 0 Å². The molecule has 0 N–H and O–H groups in total. The summed E-state index contributed by atoms with van der Waals surface area (Å²) in [7, 11) is 1.58. The third-order valence-electron chi connectivity index (χ3n) is 2.32. The normalized spacial score (nSPS) is 32.1. The van der Waals surface area contributed by atoms with Crippen LogP contribution in [0.5, 0.6) is 0 Å². The molecule has 60 valence electrons. The molecule has 0 spiro atoms. The lowest BCUT2D eigenvalue weighted by molar-refractivity contribution is 0.251. The second-order valence-corrected chi connectivity index (χ2v) is 6.61. The largest absolute Gasteiger partial charge is 0.248 e. The summed E-state index contributed by atoms with van der Waals surface area (Å²) in [6.07, 6.45) is 5.80. The summed E-state index contributed by atoms with van der Waals surface area (Å²) in [5, 5.41) is 0.990. The summed E-state index contributed by atoms with van der Waals surface area (Å²) in [5.41, 5.74) is 0.640. The summed E-state index contributed by atoms with van der Waals surface area (Å²) >= 11 is 2.50. The van der Waals surface area contributed by atoms with E-state index in [2.05, 4.69) is 35.1 Å². The Morgan fingerprint density at radius 2 is 2.20 bits per heavy atom. The first kappa shape index (κ1) is 9.17. The van der Waals surface area contributed by atoms with E-state index in [1.807, 2.05) is 0 Å². The minimum Gasteiger partial charge on any atom is -0.0597 e. The number of hydrogen-bond donors (Lipinski definition) is 0. The molecule has 0 aromatic rings. The van der Waals surface area contributed by atoms with Gasteiger partial charge in [0.25, 0.3) is 0 Å². The molecule has 1 fully saturated rings. The van der Waals surface area contributed by atoms with Crippen LogP contribution in [0, 0.1) is 5.41 Å². The smallest absolute Gasteiger partial charge is 0.0597 e. The standard InChI is InChI=1S/C8H15IS/c1-8(2)5-3-4-7(6-8)10-9/h7H,3-6H2,1-2H3/p+1. The molecule has 1 aliphatic rings. The van der Waals surface area contributed by atoms with Crippen molar-refractivity contribution in [3.63, 3.8) is 0 Å². The Bertz CT molecular complexity index is 112. The van der Waals surface area contributed by atoms with Crippen molar-refractivity contribution in [2.45, 2.75) is 44.8 Å². The Balaban J connectivity index is 2.40. The zero-order chi connectivity index (χ0) is 7.61. The van der Waals surface area contributed by atoms with Gasteiger partial charge >= 0.3 is 0 Å². The van der Waals surface area contributed by atoms with Gasteiger partial charge in [-0.1, -0.05) is 13.8 Å². The lowest BCUT2D eigenvalue weighted by atomic mass is 9.77. The Hall–Kier alpha value is 1.08. The van der Waals surface area contributed by atoms with Gasteiger partial charge in [0.1, 0.15) is 5.25 Å². The maximum absolute atomic E-state index is 2.50. The molecular formula is C8H16IS+. The molecular weight excluding hydrogens is 255 g/mol. The van der Waals surface area contributed by atoms with Crippen LogP contribution in [-0.2, 0) is 8.93 Å². The van der Waals surface area contributed by atoms with Gasteiger partial charge in [0.15, 0.2) is 0 Å². The highest BCUT2D eigenvalue weighted by Crippen LogP contribution is 2.37. The van der Waals surface area contributed by atoms with E-state index >= 15 is 0 Å². The number of halogens is 1. The third kappa shape index (κ3) is 2.61. The summed E-state index contributed by atoms with van der Waals surface area (Å²) in [6.45, 7) is 4.81. The van der Waals surface area contributed by atoms with Gasteiger partial charge in [-0.2, -0.15) is 0 Å². The Labute approximate surface area is 80.1 Å². The quantitative estimate of drug-likeness (QED) is 0.390. The first-order valence-electron chi connectivity index (χ1n) is 3.95. The SMILES string of the molecule is CC1(C)CCCC([SH+]I)C1. The van der Waals surface area contributed by atoms with Gasteiger partial charge in [0, 0.05) is 15.4 Å². The summed E-state index contributed by atoms with van der Waals surface area (Å²) in [6, 6.07) is 0. The fourth-order valence-electron chi connectivity index (χ4n) is 1.74. The monoisotopic (exact) mass is 271 g/mol. The van der Waals surface area contributed by atoms with E-state index in [1.165, 1.54) is 25.7 Å². The van der Waals surface area contributed by atoms with Gasteiger partial charge in [0.05, 0.1) is 0 Å². The van der Waals surface area contributed by atoms with Crippen LogP contribution in [0.15, 0.2) is 0 Å². The molecule has 1 atom stereocenters. The van der Waals surface area contributed by atoms with E-state index in [1.54, 1.807) is 8.93 Å². The molecule has 0 aliphatic heterocycles. The average Bonchev–Trinajstić information content (AvgIpc) is 1.86. The van der Waals surface area contributed by atoms with Crippen molar-refractivity contribution < 1.29 is 0 Å². The molecule has 1 unspecified atom stereocenters. The molecule has 0 radical (unpaired) electrons. The van der Waals surface area contributed by atoms with Gasteiger partial charge < -0.3 is 0 Å². The molecule has 0 bridgehead atoms. The molecule has 0 aromatic carbocycles. The topological polar surface area (TPSA) is 0 Å². The number of hydrogen-bond acceptors (Lipinski definition) is 0. The molecule has 10 heavy (non-hydrogen) atoms. The van der Waals surface area contributed by atoms with Crippen molar-refractivity contribution in [2.75, 3.05) is 0 Å². The van der Waals surface area contributed by atoms with Crippen molar-refractivity contribution >= 4 is 30.1 Å². The van der Waals surface area contributed by atoms with Gasteiger partial charge in [0.2, 0.25) is 21.2 Å². The summed E-state index contributed by atoms with van der Waals surface area (Å²) in [5.74, 6) is 0. The fourth-order valence-corrected chi connectivity index (χ4v) is 4.01. The van der Waals surface area contributed by atoms with Crippen LogP contribution in [-0.4, -0.2) is 5.25 Å². The van der Waals surface area contributed by atoms with E-state index in [4.69, 9.17) is 0 Å². The first-order chi connectivity index (χ1) is 4.64. The van der Waals surface area contributed by atoms with Crippen molar-refractivity contribution in [1.29, 1.82) is 0 Å². The summed E-state index contributed by atoms with van der Waals surface area (Å²) in [4.78, 5) is 0. The average molecular weight is 271 g/mol. The highest BCUT2D eigenvalue weighted by atomic mass is 127. The second kappa shape index (κ2) is 3.65. The van der Waals surface area contributed by atoms with Crippen LogP contribution in [0.2, 0.25) is 0 Å². The maximum atomic E-state index is 2.50. The van der Waals surface area contributed by atoms with E-state index in [0.29, 0.717) is 5.41 Å². The zero-order valence-electron chi connectivity index (χ0n) is 6.73. The van der Waals surface area contributed by atoms with E-state index < -0.39 is 0 Å². The van der Waals surface area contributed by atoms with E-state index in [-0.39, 0.29) is 0 Å². The van der Waals surface area contributed by atoms with Crippen molar-refractivity contribution in [3.8, 4) is 0 Å². The van der Waals surface area contributed by atoms with Crippen molar-refractivity contribution in [2.24, 2.45) is 5.41 Å². The molecule has 0 saturated heterocycles. The molecule has 2 heteroatoms. The maximum Gasteiger partial charge on any atom is 0.248 e. The number of thiol groups is 1. The van der Waals surface area contributed by atoms with Crippen LogP contribution in [0.25, 0.3) is 0 Å². The minimum absolute atomic E-state index is 0.640. The molecule has 1 rings (SSSR count). The van der Waals surface area contributed by atoms with Crippen LogP contribution in [0.4, 0.5) is 0 Å². The molecule has 1 saturated carbocycles. The number of rotatable bonds is 1. The summed E-state index contributed by atoms with van der Waals surface area (Å²) < 4.78 is 0. The van der Waals surface area contributed by atoms with Crippen LogP contribution < -0.4 is 0 Å². The van der Waals surface area contributed by atoms with E-state index in [0.717, 1.165) is 5.25 Å². The zero-order valence-corrected chi connectivity index (χ0v) is 9.78. The van der Waals surface area contributed by atoms with E-state index in [9.17, 15) is 0 Å². The van der Waals surface area contributed by atoms with Gasteiger partial charge in [-0.25, -0.2) is 0 Å². The van der Waals surface area contributed by atoms with Crippen LogP contribution in [0.3, 0.4) is 0 Å². The molecule has 1 aliphatic carbocycles. The van der Waals surface area contributed by atoms with Gasteiger partial charge in [-0.3, -0.25) is 0 Å². The third-order valence-corrected chi connectivity index (χ3v) is 5.40. The lowest BCUT2D eigenvalue weighted by Gasteiger charge is -2.30. The highest BCUT2D eigenvalue weighted by Gasteiger charge is 2.31.